The molecule has 0 aromatic rings. The number of hydrogen-bond acceptors (Lipinski definition) is 4. The maximum atomic E-state index is 12.3. The van der Waals surface area contributed by atoms with Crippen LogP contribution in [0, 0.1) is 0 Å². The fourth-order valence-corrected chi connectivity index (χ4v) is 0.938. The Morgan fingerprint density at radius 2 is 2.12 bits per heavy atom. The number of hydrogen-bond donors (Lipinski definition) is 0. The molecule has 1 rings (SSSR count). The van der Waals surface area contributed by atoms with Crippen molar-refractivity contribution in [3.63, 3.8) is 0 Å². The largest absolute Gasteiger partial charge is 0.467 e. The molecular formula is C11H19NO4. The molecule has 0 saturated carbocycles. The van der Waals surface area contributed by atoms with Crippen molar-refractivity contribution in [2.45, 2.75) is 45.1 Å². The Morgan fingerprint density at radius 3 is 2.62 bits per heavy atom. The molecular weight excluding hydrogens is 210 g/mol. The quantitative estimate of drug-likeness (QED) is 0.648. The molecule has 5 nitrogen and oxygen atoms in total. The van der Waals surface area contributed by atoms with Gasteiger partial charge in [-0.2, -0.15) is 0 Å². The summed E-state index contributed by atoms with van der Waals surface area (Å²) in [6.07, 6.45) is -8.30. The first-order valence-corrected chi connectivity index (χ1v) is 4.60. The van der Waals surface area contributed by atoms with Gasteiger partial charge in [0.25, 0.3) is 0 Å². The predicted octanol–water partition coefficient (Wildman–Crippen LogP) is 1.56. The van der Waals surface area contributed by atoms with E-state index in [1.165, 1.54) is 20.8 Å². The molecule has 1 atom stereocenters. The molecule has 0 aliphatic carbocycles. The van der Waals surface area contributed by atoms with Crippen LogP contribution in [-0.2, 0) is 14.3 Å². The van der Waals surface area contributed by atoms with E-state index in [9.17, 15) is 9.59 Å². The van der Waals surface area contributed by atoms with Crippen molar-refractivity contribution in [1.29, 1.82) is 0 Å². The Hall–Kier alpha value is -1.26. The van der Waals surface area contributed by atoms with E-state index >= 15 is 0 Å². The van der Waals surface area contributed by atoms with Gasteiger partial charge in [0.2, 0.25) is 0 Å². The fourth-order valence-electron chi connectivity index (χ4n) is 0.938. The zero-order valence-electron chi connectivity index (χ0n) is 16.6. The monoisotopic (exact) mass is 236 g/mol. The van der Waals surface area contributed by atoms with Crippen LogP contribution >= 0.6 is 0 Å². The summed E-state index contributed by atoms with van der Waals surface area (Å²) in [6, 6.07) is -3.29. The second-order valence-corrected chi connectivity index (χ2v) is 4.02. The summed E-state index contributed by atoms with van der Waals surface area (Å²) >= 11 is 0. The maximum absolute atomic E-state index is 12.3. The van der Waals surface area contributed by atoms with Gasteiger partial charge in [-0.3, -0.25) is 4.90 Å². The molecule has 1 amide bonds. The van der Waals surface area contributed by atoms with Crippen molar-refractivity contribution >= 4 is 12.1 Å². The van der Waals surface area contributed by atoms with Crippen LogP contribution < -0.4 is 0 Å². The normalized spacial score (nSPS) is 41.2. The third-order valence-electron chi connectivity index (χ3n) is 1.53. The van der Waals surface area contributed by atoms with E-state index in [0.717, 1.165) is 7.11 Å². The third kappa shape index (κ3) is 3.12. The van der Waals surface area contributed by atoms with Gasteiger partial charge in [0.15, 0.2) is 0 Å². The minimum Gasteiger partial charge on any atom is -0.467 e. The first kappa shape index (κ1) is 5.89. The van der Waals surface area contributed by atoms with Crippen molar-refractivity contribution < 1.29 is 28.7 Å². The Labute approximate surface area is 106 Å². The van der Waals surface area contributed by atoms with Crippen LogP contribution in [0.25, 0.3) is 0 Å². The number of methoxy groups -OCH3 is 1. The van der Waals surface area contributed by atoms with Gasteiger partial charge >= 0.3 is 12.1 Å². The minimum absolute atomic E-state index is 0.170. The highest BCUT2D eigenvalue weighted by Gasteiger charge is 2.37. The molecule has 0 radical (unpaired) electrons. The number of carbonyl (C=O) groups excluding carboxylic acids is 2. The lowest BCUT2D eigenvalue weighted by atomic mass is 10.2. The molecule has 92 valence electrons. The lowest BCUT2D eigenvalue weighted by Gasteiger charge is -2.27. The zero-order valence-corrected chi connectivity index (χ0v) is 9.58. The van der Waals surface area contributed by atoms with Gasteiger partial charge in [-0.05, 0) is 33.5 Å². The summed E-state index contributed by atoms with van der Waals surface area (Å²) in [4.78, 5) is 24.1. The highest BCUT2D eigenvalue weighted by molar-refractivity contribution is 5.82. The fraction of sp³-hybridized carbons (Fsp3) is 0.818. The average molecular weight is 236 g/mol. The van der Waals surface area contributed by atoms with Gasteiger partial charge in [0.05, 0.1) is 8.48 Å². The smallest absolute Gasteiger partial charge is 0.411 e. The van der Waals surface area contributed by atoms with Crippen molar-refractivity contribution in [2.75, 3.05) is 13.6 Å². The number of rotatable bonds is 1. The van der Waals surface area contributed by atoms with E-state index in [2.05, 4.69) is 4.74 Å². The SMILES string of the molecule is [2H]C1([2H])N(C(=O)OC(C)(C)C)C([2H])(C(=O)OC)C([2H])([2H])C1([2H])[2H]. The predicted molar refractivity (Wildman–Crippen MR) is 58.0 cm³/mol. The lowest BCUT2D eigenvalue weighted by Crippen LogP contribution is -2.43. The molecule has 1 aliphatic rings. The van der Waals surface area contributed by atoms with Gasteiger partial charge in [-0.25, -0.2) is 9.59 Å². The second kappa shape index (κ2) is 4.72. The molecule has 1 aliphatic heterocycles. The molecule has 5 heteroatoms. The summed E-state index contributed by atoms with van der Waals surface area (Å²) in [5.74, 6) is -1.61. The molecule has 1 unspecified atom stereocenters. The Morgan fingerprint density at radius 1 is 1.50 bits per heavy atom. The van der Waals surface area contributed by atoms with Gasteiger partial charge in [-0.15, -0.1) is 0 Å². The summed E-state index contributed by atoms with van der Waals surface area (Å²) in [5.41, 5.74) is -1.13. The highest BCUT2D eigenvalue weighted by Crippen LogP contribution is 2.21. The van der Waals surface area contributed by atoms with Crippen LogP contribution in [0.4, 0.5) is 4.79 Å². The summed E-state index contributed by atoms with van der Waals surface area (Å²) in [7, 11) is 0.825. The number of ether oxygens (including phenoxy) is 2. The molecule has 0 N–H and O–H groups in total. The first-order valence-electron chi connectivity index (χ1n) is 8.10. The number of likely N-dealkylation sites (tertiary alicyclic amines) is 1. The number of nitrogens with zero attached hydrogens (tertiary/aromatic N) is 1. The number of carbonyl (C=O) groups is 2. The molecule has 0 spiro atoms. The Kier molecular flexibility index (Phi) is 1.74. The molecule has 1 fully saturated rings. The Bertz CT molecular complexity index is 531. The van der Waals surface area contributed by atoms with Crippen LogP contribution in [0.1, 0.15) is 43.1 Å². The maximum Gasteiger partial charge on any atom is 0.411 e. The van der Waals surface area contributed by atoms with Crippen molar-refractivity contribution in [3.8, 4) is 0 Å². The molecule has 16 heavy (non-hydrogen) atoms. The first-order chi connectivity index (χ1) is 9.98. The van der Waals surface area contributed by atoms with E-state index < -0.39 is 42.9 Å². The van der Waals surface area contributed by atoms with Gasteiger partial charge in [0.1, 0.15) is 11.6 Å². The third-order valence-corrected chi connectivity index (χ3v) is 1.53. The lowest BCUT2D eigenvalue weighted by molar-refractivity contribution is -0.145. The summed E-state index contributed by atoms with van der Waals surface area (Å²) < 4.78 is 64.0. The van der Waals surface area contributed by atoms with Crippen LogP contribution in [0.15, 0.2) is 0 Å². The van der Waals surface area contributed by atoms with E-state index in [0.29, 0.717) is 0 Å². The number of amides is 1. The standard InChI is InChI=1S/C11H19NO4/c1-11(2,3)16-10(14)12-7-5-6-8(12)9(13)15-4/h8H,5-7H2,1-4H3/i5D2,6D2,7D2,8D. The van der Waals surface area contributed by atoms with Gasteiger partial charge in [-0.1, -0.05) is 0 Å². The molecule has 0 aromatic heterocycles. The van der Waals surface area contributed by atoms with Crippen LogP contribution in [-0.4, -0.2) is 42.2 Å². The van der Waals surface area contributed by atoms with E-state index in [4.69, 9.17) is 14.3 Å². The average Bonchev–Trinajstić information content (AvgIpc) is 2.41. The molecule has 0 bridgehead atoms. The van der Waals surface area contributed by atoms with Gasteiger partial charge in [0, 0.05) is 14.7 Å². The van der Waals surface area contributed by atoms with Crippen molar-refractivity contribution in [3.05, 3.63) is 0 Å². The Balaban J connectivity index is 3.61. The van der Waals surface area contributed by atoms with Crippen LogP contribution in [0.2, 0.25) is 0 Å². The van der Waals surface area contributed by atoms with E-state index in [-0.39, 0.29) is 4.90 Å². The van der Waals surface area contributed by atoms with E-state index in [1.54, 1.807) is 0 Å². The van der Waals surface area contributed by atoms with Crippen molar-refractivity contribution in [1.82, 2.24) is 4.90 Å². The summed E-state index contributed by atoms with van der Waals surface area (Å²) in [5, 5.41) is 0. The topological polar surface area (TPSA) is 55.8 Å². The van der Waals surface area contributed by atoms with E-state index in [1.807, 2.05) is 0 Å². The molecule has 1 heterocycles. The van der Waals surface area contributed by atoms with Crippen molar-refractivity contribution in [2.24, 2.45) is 0 Å². The molecule has 0 aromatic carbocycles. The summed E-state index contributed by atoms with van der Waals surface area (Å²) in [6.45, 7) is 1.02. The number of esters is 1. The van der Waals surface area contributed by atoms with Crippen LogP contribution in [0.3, 0.4) is 0 Å². The highest BCUT2D eigenvalue weighted by atomic mass is 16.6. The molecule has 1 saturated heterocycles. The second-order valence-electron chi connectivity index (χ2n) is 4.02. The minimum atomic E-state index is -3.40. The van der Waals surface area contributed by atoms with Gasteiger partial charge < -0.3 is 9.47 Å². The zero-order chi connectivity index (χ0) is 18.6. The van der Waals surface area contributed by atoms with Crippen LogP contribution in [0.5, 0.6) is 0 Å².